The molecule has 0 heterocycles. The molecule has 3 aliphatic rings. The summed E-state index contributed by atoms with van der Waals surface area (Å²) in [4.78, 5) is 24.4. The predicted octanol–water partition coefficient (Wildman–Crippen LogP) is 3.80. The maximum Gasteiger partial charge on any atom is 0.167 e. The number of phenolic OH excluding ortho intramolecular Hbond substituents is 1. The van der Waals surface area contributed by atoms with Crippen LogP contribution in [-0.4, -0.2) is 17.2 Å². The van der Waals surface area contributed by atoms with Gasteiger partial charge >= 0.3 is 0 Å². The summed E-state index contributed by atoms with van der Waals surface area (Å²) in [5.74, 6) is 0.673. The molecule has 1 fully saturated rings. The van der Waals surface area contributed by atoms with Gasteiger partial charge < -0.3 is 9.90 Å². The third kappa shape index (κ3) is 1.60. The number of hydrogen-bond acceptors (Lipinski definition) is 3. The van der Waals surface area contributed by atoms with Gasteiger partial charge in [-0.15, -0.1) is 0 Å². The number of aromatic hydroxyl groups is 1. The van der Waals surface area contributed by atoms with Crippen molar-refractivity contribution >= 4 is 17.6 Å². The minimum atomic E-state index is -0.367. The largest absolute Gasteiger partial charge is 0.507 e. The Kier molecular flexibility index (Phi) is 2.77. The number of ketones is 1. The van der Waals surface area contributed by atoms with Crippen molar-refractivity contribution in [3.63, 3.8) is 0 Å². The number of phenols is 1. The first-order valence-electron chi connectivity index (χ1n) is 8.39. The lowest BCUT2D eigenvalue weighted by atomic mass is 9.83. The SMILES string of the molecule is C=C1CC[C@H]2[C@@H](c3c(C)c(O)c4c(c31)C(=O)[C@H](C)C4)[C@]2(C)C=O. The molecule has 0 amide bonds. The van der Waals surface area contributed by atoms with Crippen LogP contribution in [0, 0.1) is 24.2 Å². The molecule has 0 saturated heterocycles. The predicted molar refractivity (Wildman–Crippen MR) is 88.7 cm³/mol. The fraction of sp³-hybridized carbons (Fsp3) is 0.500. The van der Waals surface area contributed by atoms with Gasteiger partial charge in [0.15, 0.2) is 5.78 Å². The fourth-order valence-electron chi connectivity index (χ4n) is 5.05. The molecule has 3 aliphatic carbocycles. The van der Waals surface area contributed by atoms with E-state index >= 15 is 0 Å². The second-order valence-corrected chi connectivity index (χ2v) is 7.80. The van der Waals surface area contributed by atoms with Crippen molar-refractivity contribution in [2.24, 2.45) is 17.3 Å². The minimum Gasteiger partial charge on any atom is -0.507 e. The van der Waals surface area contributed by atoms with Gasteiger partial charge in [-0.05, 0) is 54.4 Å². The fourth-order valence-corrected chi connectivity index (χ4v) is 5.05. The zero-order chi connectivity index (χ0) is 16.7. The zero-order valence-electron chi connectivity index (χ0n) is 13.9. The molecule has 120 valence electrons. The van der Waals surface area contributed by atoms with Crippen LogP contribution >= 0.6 is 0 Å². The molecule has 1 aromatic rings. The van der Waals surface area contributed by atoms with Crippen molar-refractivity contribution in [3.05, 3.63) is 34.4 Å². The van der Waals surface area contributed by atoms with E-state index in [1.165, 1.54) is 0 Å². The highest BCUT2D eigenvalue weighted by atomic mass is 16.3. The Bertz CT molecular complexity index is 789. The molecule has 0 bridgehead atoms. The average molecular weight is 310 g/mol. The van der Waals surface area contributed by atoms with Gasteiger partial charge in [-0.25, -0.2) is 0 Å². The lowest BCUT2D eigenvalue weighted by Crippen LogP contribution is -2.11. The van der Waals surface area contributed by atoms with Crippen LogP contribution in [0.5, 0.6) is 5.75 Å². The number of benzene rings is 1. The molecule has 1 N–H and O–H groups in total. The minimum absolute atomic E-state index is 0.0923. The number of fused-ring (bicyclic) bond motifs is 5. The average Bonchev–Trinajstić information content (AvgIpc) is 3.05. The lowest BCUT2D eigenvalue weighted by molar-refractivity contribution is -0.112. The van der Waals surface area contributed by atoms with Crippen LogP contribution in [0.2, 0.25) is 0 Å². The summed E-state index contributed by atoms with van der Waals surface area (Å²) in [6.45, 7) is 10.1. The molecule has 1 aromatic carbocycles. The van der Waals surface area contributed by atoms with E-state index in [1.54, 1.807) is 0 Å². The van der Waals surface area contributed by atoms with E-state index in [0.717, 1.165) is 47.0 Å². The highest BCUT2D eigenvalue weighted by Crippen LogP contribution is 2.69. The van der Waals surface area contributed by atoms with Crippen molar-refractivity contribution in [1.82, 2.24) is 0 Å². The summed E-state index contributed by atoms with van der Waals surface area (Å²) < 4.78 is 0. The van der Waals surface area contributed by atoms with E-state index in [4.69, 9.17) is 0 Å². The summed E-state index contributed by atoms with van der Waals surface area (Å²) in [6, 6.07) is 0. The number of aldehydes is 1. The number of carbonyl (C=O) groups is 2. The van der Waals surface area contributed by atoms with Crippen LogP contribution in [0.4, 0.5) is 0 Å². The van der Waals surface area contributed by atoms with Crippen LogP contribution in [0.15, 0.2) is 6.58 Å². The molecule has 4 atom stereocenters. The molecule has 23 heavy (non-hydrogen) atoms. The lowest BCUT2D eigenvalue weighted by Gasteiger charge is -2.20. The summed E-state index contributed by atoms with van der Waals surface area (Å²) in [5.41, 5.74) is 4.88. The third-order valence-electron chi connectivity index (χ3n) is 6.51. The maximum atomic E-state index is 12.7. The Morgan fingerprint density at radius 1 is 1.35 bits per heavy atom. The molecule has 0 spiro atoms. The Labute approximate surface area is 136 Å². The zero-order valence-corrected chi connectivity index (χ0v) is 13.9. The summed E-state index contributed by atoms with van der Waals surface area (Å²) in [6.07, 6.45) is 3.40. The van der Waals surface area contributed by atoms with Crippen molar-refractivity contribution in [3.8, 4) is 5.75 Å². The highest BCUT2D eigenvalue weighted by Gasteiger charge is 2.63. The van der Waals surface area contributed by atoms with Crippen LogP contribution in [0.3, 0.4) is 0 Å². The quantitative estimate of drug-likeness (QED) is 0.803. The van der Waals surface area contributed by atoms with Crippen LogP contribution in [0.25, 0.3) is 5.57 Å². The standard InChI is InChI=1S/C20H22O3/c1-9-5-6-13-17(20(13,4)8-21)15-11(3)19(23)12-7-10(2)18(22)16(12)14(9)15/h8,10,13,17,23H,1,5-7H2,2-4H3/t10-,13+,17+,20-/m1/s1. The van der Waals surface area contributed by atoms with Gasteiger partial charge in [0, 0.05) is 28.4 Å². The molecule has 0 aromatic heterocycles. The molecular formula is C20H22O3. The van der Waals surface area contributed by atoms with E-state index in [1.807, 2.05) is 20.8 Å². The van der Waals surface area contributed by atoms with Crippen molar-refractivity contribution < 1.29 is 14.7 Å². The van der Waals surface area contributed by atoms with Gasteiger partial charge in [-0.3, -0.25) is 4.79 Å². The Balaban J connectivity index is 2.06. The number of allylic oxidation sites excluding steroid dienone is 1. The summed E-state index contributed by atoms with van der Waals surface area (Å²) in [5, 5.41) is 10.7. The van der Waals surface area contributed by atoms with Gasteiger partial charge in [0.05, 0.1) is 0 Å². The molecule has 0 aliphatic heterocycles. The molecular weight excluding hydrogens is 288 g/mol. The summed E-state index contributed by atoms with van der Waals surface area (Å²) in [7, 11) is 0. The van der Waals surface area contributed by atoms with Gasteiger partial charge in [0.25, 0.3) is 0 Å². The smallest absolute Gasteiger partial charge is 0.167 e. The van der Waals surface area contributed by atoms with E-state index in [2.05, 4.69) is 6.58 Å². The second kappa shape index (κ2) is 4.34. The first kappa shape index (κ1) is 14.7. The molecule has 0 radical (unpaired) electrons. The van der Waals surface area contributed by atoms with E-state index in [-0.39, 0.29) is 28.8 Å². The second-order valence-electron chi connectivity index (χ2n) is 7.80. The van der Waals surface area contributed by atoms with Gasteiger partial charge in [0.1, 0.15) is 12.0 Å². The molecule has 4 rings (SSSR count). The number of hydrogen-bond donors (Lipinski definition) is 1. The van der Waals surface area contributed by atoms with Crippen molar-refractivity contribution in [2.45, 2.75) is 46.0 Å². The van der Waals surface area contributed by atoms with Gasteiger partial charge in [-0.2, -0.15) is 0 Å². The monoisotopic (exact) mass is 310 g/mol. The topological polar surface area (TPSA) is 54.4 Å². The van der Waals surface area contributed by atoms with E-state index in [9.17, 15) is 14.7 Å². The van der Waals surface area contributed by atoms with Gasteiger partial charge in [-0.1, -0.05) is 20.4 Å². The number of Topliss-reactive ketones (excluding diaryl/α,β-unsaturated/α-hetero) is 1. The summed E-state index contributed by atoms with van der Waals surface area (Å²) >= 11 is 0. The Hall–Kier alpha value is -1.90. The van der Waals surface area contributed by atoms with Crippen LogP contribution in [0.1, 0.15) is 65.2 Å². The normalized spacial score (nSPS) is 34.5. The van der Waals surface area contributed by atoms with E-state index < -0.39 is 0 Å². The molecule has 3 nitrogen and oxygen atoms in total. The first-order valence-corrected chi connectivity index (χ1v) is 8.39. The highest BCUT2D eigenvalue weighted by molar-refractivity contribution is 6.07. The number of carbonyl (C=O) groups excluding carboxylic acids is 2. The maximum absolute atomic E-state index is 12.7. The van der Waals surface area contributed by atoms with Crippen molar-refractivity contribution in [1.29, 1.82) is 0 Å². The number of rotatable bonds is 1. The molecule has 0 unspecified atom stereocenters. The van der Waals surface area contributed by atoms with Crippen molar-refractivity contribution in [2.75, 3.05) is 0 Å². The van der Waals surface area contributed by atoms with Gasteiger partial charge in [0.2, 0.25) is 0 Å². The molecule has 3 heteroatoms. The Morgan fingerprint density at radius 3 is 2.70 bits per heavy atom. The first-order chi connectivity index (χ1) is 10.8. The Morgan fingerprint density at radius 2 is 2.04 bits per heavy atom. The van der Waals surface area contributed by atoms with Crippen LogP contribution in [-0.2, 0) is 11.2 Å². The molecule has 1 saturated carbocycles. The van der Waals surface area contributed by atoms with Crippen LogP contribution < -0.4 is 0 Å². The van der Waals surface area contributed by atoms with E-state index in [0.29, 0.717) is 17.9 Å². The third-order valence-corrected chi connectivity index (χ3v) is 6.51.